The molecule has 0 aliphatic rings. The average molecular weight is 357 g/mol. The Morgan fingerprint density at radius 2 is 1.69 bits per heavy atom. The highest BCUT2D eigenvalue weighted by Gasteiger charge is 2.16. The molecule has 0 bridgehead atoms. The molecular weight excluding hydrogens is 330 g/mol. The summed E-state index contributed by atoms with van der Waals surface area (Å²) in [4.78, 5) is 12.6. The fourth-order valence-corrected chi connectivity index (χ4v) is 2.65. The Morgan fingerprint density at radius 1 is 1.00 bits per heavy atom. The second-order valence-electron chi connectivity index (χ2n) is 5.92. The third kappa shape index (κ3) is 4.91. The lowest BCUT2D eigenvalue weighted by molar-refractivity contribution is 0.0935. The molecule has 2 rings (SSSR count). The lowest BCUT2D eigenvalue weighted by atomic mass is 10.0. The Bertz CT molecular complexity index is 712. The number of nitrogens with one attached hydrogen (secondary N) is 1. The molecule has 0 unspecified atom stereocenters. The van der Waals surface area contributed by atoms with Crippen molar-refractivity contribution in [2.45, 2.75) is 32.7 Å². The average Bonchev–Trinajstić information content (AvgIpc) is 2.70. The van der Waals surface area contributed by atoms with Gasteiger partial charge in [-0.15, -0.1) is 0 Å². The zero-order valence-corrected chi connectivity index (χ0v) is 15.9. The molecule has 0 aliphatic carbocycles. The monoisotopic (exact) mass is 357 g/mol. The molecule has 0 aliphatic heterocycles. The van der Waals surface area contributed by atoms with Crippen LogP contribution in [-0.4, -0.2) is 26.7 Å². The van der Waals surface area contributed by atoms with Crippen LogP contribution in [0.15, 0.2) is 42.5 Å². The van der Waals surface area contributed by atoms with E-state index in [9.17, 15) is 4.79 Å². The quantitative estimate of drug-likeness (QED) is 0.724. The van der Waals surface area contributed by atoms with Crippen LogP contribution in [-0.2, 0) is 0 Å². The summed E-state index contributed by atoms with van der Waals surface area (Å²) in [5.41, 5.74) is 1.58. The summed E-state index contributed by atoms with van der Waals surface area (Å²) in [7, 11) is 3.20. The fraction of sp³-hybridized carbons (Fsp3) is 0.381. The summed E-state index contributed by atoms with van der Waals surface area (Å²) < 4.78 is 16.2. The van der Waals surface area contributed by atoms with Crippen LogP contribution in [0, 0.1) is 0 Å². The maximum Gasteiger partial charge on any atom is 0.251 e. The molecule has 5 heteroatoms. The van der Waals surface area contributed by atoms with E-state index in [2.05, 4.69) is 12.2 Å². The standard InChI is InChI=1S/C21H27NO4/c1-5-13-26-17-10-7-15(8-11-17)21(23)22-18(6-2)16-9-12-19(24-3)20(14-16)25-4/h7-12,14,18H,5-6,13H2,1-4H3,(H,22,23)/t18-/m1/s1. The number of ether oxygens (including phenoxy) is 3. The van der Waals surface area contributed by atoms with E-state index >= 15 is 0 Å². The molecule has 1 atom stereocenters. The number of benzene rings is 2. The number of methoxy groups -OCH3 is 2. The second kappa shape index (κ2) is 9.70. The summed E-state index contributed by atoms with van der Waals surface area (Å²) in [5, 5.41) is 3.07. The van der Waals surface area contributed by atoms with Crippen molar-refractivity contribution < 1.29 is 19.0 Å². The van der Waals surface area contributed by atoms with Crippen molar-refractivity contribution in [3.05, 3.63) is 53.6 Å². The number of rotatable bonds is 9. The minimum atomic E-state index is -0.117. The van der Waals surface area contributed by atoms with E-state index in [1.807, 2.05) is 37.3 Å². The van der Waals surface area contributed by atoms with Gasteiger partial charge in [-0.05, 0) is 54.8 Å². The van der Waals surface area contributed by atoms with Gasteiger partial charge in [-0.3, -0.25) is 4.79 Å². The van der Waals surface area contributed by atoms with E-state index in [0.717, 1.165) is 24.2 Å². The molecule has 5 nitrogen and oxygen atoms in total. The van der Waals surface area contributed by atoms with Gasteiger partial charge in [-0.2, -0.15) is 0 Å². The molecule has 1 N–H and O–H groups in total. The Labute approximate surface area is 155 Å². The molecule has 0 aromatic heterocycles. The molecule has 140 valence electrons. The minimum absolute atomic E-state index is 0.113. The van der Waals surface area contributed by atoms with Gasteiger partial charge in [0.25, 0.3) is 5.91 Å². The minimum Gasteiger partial charge on any atom is -0.494 e. The first-order chi connectivity index (χ1) is 12.6. The Morgan fingerprint density at radius 3 is 2.27 bits per heavy atom. The predicted octanol–water partition coefficient (Wildman–Crippen LogP) is 4.37. The lowest BCUT2D eigenvalue weighted by Gasteiger charge is -2.19. The number of amides is 1. The van der Waals surface area contributed by atoms with E-state index in [0.29, 0.717) is 23.7 Å². The van der Waals surface area contributed by atoms with Gasteiger partial charge in [-0.25, -0.2) is 0 Å². The largest absolute Gasteiger partial charge is 0.494 e. The predicted molar refractivity (Wildman–Crippen MR) is 102 cm³/mol. The summed E-state index contributed by atoms with van der Waals surface area (Å²) in [6.07, 6.45) is 1.71. The highest BCUT2D eigenvalue weighted by atomic mass is 16.5. The normalized spacial score (nSPS) is 11.5. The van der Waals surface area contributed by atoms with Crippen molar-refractivity contribution >= 4 is 5.91 Å². The molecule has 0 spiro atoms. The van der Waals surface area contributed by atoms with Crippen molar-refractivity contribution in [3.63, 3.8) is 0 Å². The Kier molecular flexibility index (Phi) is 7.33. The molecular formula is C21H27NO4. The molecule has 1 amide bonds. The number of hydrogen-bond acceptors (Lipinski definition) is 4. The molecule has 0 fully saturated rings. The molecule has 26 heavy (non-hydrogen) atoms. The van der Waals surface area contributed by atoms with Crippen LogP contribution in [0.2, 0.25) is 0 Å². The zero-order chi connectivity index (χ0) is 18.9. The van der Waals surface area contributed by atoms with Gasteiger partial charge >= 0.3 is 0 Å². The first-order valence-corrected chi connectivity index (χ1v) is 8.88. The maximum absolute atomic E-state index is 12.6. The Balaban J connectivity index is 2.10. The van der Waals surface area contributed by atoms with Crippen LogP contribution < -0.4 is 19.5 Å². The third-order valence-corrected chi connectivity index (χ3v) is 4.11. The van der Waals surface area contributed by atoms with Crippen molar-refractivity contribution in [2.75, 3.05) is 20.8 Å². The first-order valence-electron chi connectivity index (χ1n) is 8.88. The smallest absolute Gasteiger partial charge is 0.251 e. The van der Waals surface area contributed by atoms with Gasteiger partial charge in [0.15, 0.2) is 11.5 Å². The van der Waals surface area contributed by atoms with Gasteiger partial charge in [0.1, 0.15) is 5.75 Å². The molecule has 2 aromatic carbocycles. The molecule has 0 heterocycles. The highest BCUT2D eigenvalue weighted by Crippen LogP contribution is 2.31. The van der Waals surface area contributed by atoms with Gasteiger partial charge in [-0.1, -0.05) is 19.9 Å². The molecule has 0 radical (unpaired) electrons. The fourth-order valence-electron chi connectivity index (χ4n) is 2.65. The van der Waals surface area contributed by atoms with Crippen molar-refractivity contribution in [1.82, 2.24) is 5.32 Å². The van der Waals surface area contributed by atoms with Crippen LogP contribution >= 0.6 is 0 Å². The van der Waals surface area contributed by atoms with E-state index in [4.69, 9.17) is 14.2 Å². The van der Waals surface area contributed by atoms with Crippen LogP contribution in [0.3, 0.4) is 0 Å². The van der Waals surface area contributed by atoms with Gasteiger partial charge < -0.3 is 19.5 Å². The lowest BCUT2D eigenvalue weighted by Crippen LogP contribution is -2.28. The maximum atomic E-state index is 12.6. The van der Waals surface area contributed by atoms with Crippen LogP contribution in [0.25, 0.3) is 0 Å². The summed E-state index contributed by atoms with van der Waals surface area (Å²) in [5.74, 6) is 1.97. The van der Waals surface area contributed by atoms with Gasteiger partial charge in [0.05, 0.1) is 26.9 Å². The van der Waals surface area contributed by atoms with Crippen molar-refractivity contribution in [2.24, 2.45) is 0 Å². The summed E-state index contributed by atoms with van der Waals surface area (Å²) in [6.45, 7) is 4.76. The SMILES string of the molecule is CCCOc1ccc(C(=O)N[C@H](CC)c2ccc(OC)c(OC)c2)cc1. The summed E-state index contributed by atoms with van der Waals surface area (Å²) >= 11 is 0. The molecule has 0 saturated carbocycles. The van der Waals surface area contributed by atoms with E-state index in [1.165, 1.54) is 0 Å². The third-order valence-electron chi connectivity index (χ3n) is 4.11. The van der Waals surface area contributed by atoms with Gasteiger partial charge in [0.2, 0.25) is 0 Å². The van der Waals surface area contributed by atoms with Crippen LogP contribution in [0.4, 0.5) is 0 Å². The molecule has 0 saturated heterocycles. The number of carbonyl (C=O) groups excluding carboxylic acids is 1. The van der Waals surface area contributed by atoms with Crippen molar-refractivity contribution in [3.8, 4) is 17.2 Å². The number of carbonyl (C=O) groups is 1. The van der Waals surface area contributed by atoms with Crippen LogP contribution in [0.5, 0.6) is 17.2 Å². The second-order valence-corrected chi connectivity index (χ2v) is 5.92. The topological polar surface area (TPSA) is 56.8 Å². The van der Waals surface area contributed by atoms with Gasteiger partial charge in [0, 0.05) is 5.56 Å². The Hall–Kier alpha value is -2.69. The van der Waals surface area contributed by atoms with Crippen molar-refractivity contribution in [1.29, 1.82) is 0 Å². The van der Waals surface area contributed by atoms with E-state index in [-0.39, 0.29) is 11.9 Å². The van der Waals surface area contributed by atoms with E-state index < -0.39 is 0 Å². The number of hydrogen-bond donors (Lipinski definition) is 1. The van der Waals surface area contributed by atoms with E-state index in [1.54, 1.807) is 26.4 Å². The van der Waals surface area contributed by atoms with Crippen LogP contribution in [0.1, 0.15) is 48.7 Å². The molecule has 2 aromatic rings. The first kappa shape index (κ1) is 19.6. The zero-order valence-electron chi connectivity index (χ0n) is 15.9. The highest BCUT2D eigenvalue weighted by molar-refractivity contribution is 5.94. The summed E-state index contributed by atoms with van der Waals surface area (Å²) in [6, 6.07) is 12.8.